The highest BCUT2D eigenvalue weighted by Crippen LogP contribution is 2.29. The summed E-state index contributed by atoms with van der Waals surface area (Å²) in [7, 11) is 1.53. The smallest absolute Gasteiger partial charge is 0.416 e. The molecule has 0 spiro atoms. The molecular weight excluding hydrogens is 421 g/mol. The van der Waals surface area contributed by atoms with Gasteiger partial charge >= 0.3 is 6.18 Å². The zero-order chi connectivity index (χ0) is 23.3. The van der Waals surface area contributed by atoms with Crippen LogP contribution in [0, 0.1) is 0 Å². The molecule has 0 N–H and O–H groups in total. The number of alkyl halides is 3. The Balaban J connectivity index is 1.60. The number of ether oxygens (including phenoxy) is 1. The third-order valence-corrected chi connectivity index (χ3v) is 5.66. The minimum Gasteiger partial charge on any atom is -0.496 e. The van der Waals surface area contributed by atoms with E-state index in [4.69, 9.17) is 4.74 Å². The summed E-state index contributed by atoms with van der Waals surface area (Å²) in [6, 6.07) is 10.3. The van der Waals surface area contributed by atoms with Crippen molar-refractivity contribution in [3.8, 4) is 5.75 Å². The molecule has 2 aromatic rings. The second kappa shape index (κ2) is 10.2. The Morgan fingerprint density at radius 2 is 1.72 bits per heavy atom. The lowest BCUT2D eigenvalue weighted by molar-refractivity contribution is -0.137. The van der Waals surface area contributed by atoms with Gasteiger partial charge in [-0.3, -0.25) is 14.5 Å². The number of Topliss-reactive ketones (excluding diaryl/α,β-unsaturated/α-hetero) is 1. The number of hydrogen-bond acceptors (Lipinski definition) is 4. The number of amides is 1. The second-order valence-electron chi connectivity index (χ2n) is 7.96. The van der Waals surface area contributed by atoms with Crippen molar-refractivity contribution in [2.75, 3.05) is 33.3 Å². The monoisotopic (exact) mass is 448 g/mol. The van der Waals surface area contributed by atoms with Crippen LogP contribution in [0.15, 0.2) is 42.5 Å². The van der Waals surface area contributed by atoms with Crippen LogP contribution >= 0.6 is 0 Å². The van der Waals surface area contributed by atoms with Crippen molar-refractivity contribution in [1.82, 2.24) is 9.80 Å². The molecule has 1 fully saturated rings. The van der Waals surface area contributed by atoms with Crippen molar-refractivity contribution in [3.05, 3.63) is 64.7 Å². The fraction of sp³-hybridized carbons (Fsp3) is 0.417. The van der Waals surface area contributed by atoms with Gasteiger partial charge in [0.15, 0.2) is 5.78 Å². The average Bonchev–Trinajstić information content (AvgIpc) is 2.99. The number of methoxy groups -OCH3 is 1. The quantitative estimate of drug-likeness (QED) is 0.622. The van der Waals surface area contributed by atoms with Crippen LogP contribution in [-0.2, 0) is 23.9 Å². The Morgan fingerprint density at radius 1 is 1.00 bits per heavy atom. The molecule has 0 unspecified atom stereocenters. The second-order valence-corrected chi connectivity index (χ2v) is 7.96. The maximum Gasteiger partial charge on any atom is 0.416 e. The van der Waals surface area contributed by atoms with Gasteiger partial charge in [0.05, 0.1) is 19.1 Å². The van der Waals surface area contributed by atoms with Crippen molar-refractivity contribution >= 4 is 11.7 Å². The van der Waals surface area contributed by atoms with Crippen LogP contribution in [0.5, 0.6) is 5.75 Å². The topological polar surface area (TPSA) is 49.9 Å². The van der Waals surface area contributed by atoms with Crippen molar-refractivity contribution in [1.29, 1.82) is 0 Å². The van der Waals surface area contributed by atoms with Crippen LogP contribution in [-0.4, -0.2) is 54.8 Å². The van der Waals surface area contributed by atoms with Gasteiger partial charge in [-0.15, -0.1) is 0 Å². The van der Waals surface area contributed by atoms with E-state index in [-0.39, 0.29) is 18.1 Å². The Morgan fingerprint density at radius 3 is 2.34 bits per heavy atom. The third kappa shape index (κ3) is 6.09. The van der Waals surface area contributed by atoms with E-state index in [1.54, 1.807) is 23.1 Å². The summed E-state index contributed by atoms with van der Waals surface area (Å²) in [6.07, 6.45) is -3.42. The number of benzene rings is 2. The number of ketones is 1. The number of halogens is 3. The van der Waals surface area contributed by atoms with Crippen LogP contribution in [0.3, 0.4) is 0 Å². The molecule has 0 aliphatic carbocycles. The predicted octanol–water partition coefficient (Wildman–Crippen LogP) is 4.19. The van der Waals surface area contributed by atoms with E-state index >= 15 is 0 Å². The van der Waals surface area contributed by atoms with Crippen LogP contribution in [0.25, 0.3) is 0 Å². The van der Waals surface area contributed by atoms with E-state index in [0.29, 0.717) is 43.1 Å². The number of carbonyl (C=O) groups excluding carboxylic acids is 2. The molecule has 0 atom stereocenters. The molecule has 0 saturated carbocycles. The van der Waals surface area contributed by atoms with Crippen LogP contribution < -0.4 is 4.74 Å². The number of hydrogen-bond donors (Lipinski definition) is 0. The van der Waals surface area contributed by atoms with Crippen molar-refractivity contribution in [2.24, 2.45) is 0 Å². The molecule has 0 aromatic heterocycles. The maximum atomic E-state index is 12.9. The molecule has 1 aliphatic rings. The first-order valence-electron chi connectivity index (χ1n) is 10.5. The fourth-order valence-corrected chi connectivity index (χ4v) is 3.85. The molecule has 5 nitrogen and oxygen atoms in total. The fourth-order valence-electron chi connectivity index (χ4n) is 3.85. The van der Waals surface area contributed by atoms with Gasteiger partial charge in [0.2, 0.25) is 5.91 Å². The molecule has 32 heavy (non-hydrogen) atoms. The summed E-state index contributed by atoms with van der Waals surface area (Å²) in [5.41, 5.74) is 1.37. The first-order chi connectivity index (χ1) is 15.2. The van der Waals surface area contributed by atoms with Gasteiger partial charge in [0.1, 0.15) is 5.75 Å². The normalized spacial score (nSPS) is 15.3. The molecule has 8 heteroatoms. The zero-order valence-corrected chi connectivity index (χ0v) is 18.2. The van der Waals surface area contributed by atoms with Gasteiger partial charge in [-0.2, -0.15) is 13.2 Å². The Hall–Kier alpha value is -2.87. The van der Waals surface area contributed by atoms with Crippen molar-refractivity contribution < 1.29 is 27.5 Å². The molecular formula is C24H27F3N2O3. The van der Waals surface area contributed by atoms with Crippen molar-refractivity contribution in [2.45, 2.75) is 32.5 Å². The lowest BCUT2D eigenvalue weighted by Gasteiger charge is -2.22. The largest absolute Gasteiger partial charge is 0.496 e. The van der Waals surface area contributed by atoms with E-state index in [0.717, 1.165) is 30.7 Å². The SMILES string of the molecule is COc1ccc(C(C)=O)cc1CC(=O)N1CCCN(Cc2ccc(C(F)(F)F)cc2)CC1. The van der Waals surface area contributed by atoms with Gasteiger partial charge in [-0.05, 0) is 49.2 Å². The van der Waals surface area contributed by atoms with Crippen LogP contribution in [0.4, 0.5) is 13.2 Å². The van der Waals surface area contributed by atoms with E-state index < -0.39 is 11.7 Å². The van der Waals surface area contributed by atoms with Crippen LogP contribution in [0.2, 0.25) is 0 Å². The lowest BCUT2D eigenvalue weighted by atomic mass is 10.0. The Kier molecular flexibility index (Phi) is 7.56. The Bertz CT molecular complexity index is 958. The average molecular weight is 448 g/mol. The highest BCUT2D eigenvalue weighted by molar-refractivity contribution is 5.94. The summed E-state index contributed by atoms with van der Waals surface area (Å²) < 4.78 is 43.6. The molecule has 3 rings (SSSR count). The summed E-state index contributed by atoms with van der Waals surface area (Å²) in [5, 5.41) is 0. The molecule has 1 saturated heterocycles. The number of nitrogens with zero attached hydrogens (tertiary/aromatic N) is 2. The summed E-state index contributed by atoms with van der Waals surface area (Å²) in [6.45, 7) is 4.55. The lowest BCUT2D eigenvalue weighted by Crippen LogP contribution is -2.36. The first kappa shape index (κ1) is 23.8. The molecule has 1 amide bonds. The van der Waals surface area contributed by atoms with Gasteiger partial charge in [-0.1, -0.05) is 12.1 Å². The summed E-state index contributed by atoms with van der Waals surface area (Å²) in [4.78, 5) is 28.6. The highest BCUT2D eigenvalue weighted by atomic mass is 19.4. The molecule has 0 radical (unpaired) electrons. The summed E-state index contributed by atoms with van der Waals surface area (Å²) >= 11 is 0. The Labute approximate surface area is 185 Å². The molecule has 172 valence electrons. The van der Waals surface area contributed by atoms with E-state index in [9.17, 15) is 22.8 Å². The van der Waals surface area contributed by atoms with E-state index in [2.05, 4.69) is 4.90 Å². The van der Waals surface area contributed by atoms with Crippen LogP contribution in [0.1, 0.15) is 40.4 Å². The number of carbonyl (C=O) groups is 2. The predicted molar refractivity (Wildman–Crippen MR) is 115 cm³/mol. The van der Waals surface area contributed by atoms with Gasteiger partial charge in [-0.25, -0.2) is 0 Å². The van der Waals surface area contributed by atoms with E-state index in [1.807, 2.05) is 0 Å². The number of rotatable bonds is 6. The van der Waals surface area contributed by atoms with Crippen molar-refractivity contribution in [3.63, 3.8) is 0 Å². The molecule has 1 heterocycles. The highest BCUT2D eigenvalue weighted by Gasteiger charge is 2.30. The maximum absolute atomic E-state index is 12.9. The van der Waals surface area contributed by atoms with Gasteiger partial charge in [0, 0.05) is 43.9 Å². The minimum absolute atomic E-state index is 0.0413. The molecule has 0 bridgehead atoms. The van der Waals surface area contributed by atoms with Gasteiger partial charge < -0.3 is 9.64 Å². The molecule has 2 aromatic carbocycles. The third-order valence-electron chi connectivity index (χ3n) is 5.66. The molecule has 1 aliphatic heterocycles. The standard InChI is InChI=1S/C24H27F3N2O3/c1-17(30)19-6-9-22(32-2)20(14-19)15-23(31)29-11-3-10-28(12-13-29)16-18-4-7-21(8-5-18)24(25,26)27/h4-9,14H,3,10-13,15-16H2,1-2H3. The zero-order valence-electron chi connectivity index (χ0n) is 18.2. The first-order valence-corrected chi connectivity index (χ1v) is 10.5. The minimum atomic E-state index is -4.34. The summed E-state index contributed by atoms with van der Waals surface area (Å²) in [5.74, 6) is 0.456. The van der Waals surface area contributed by atoms with E-state index in [1.165, 1.54) is 26.2 Å². The van der Waals surface area contributed by atoms with Gasteiger partial charge in [0.25, 0.3) is 0 Å².